The highest BCUT2D eigenvalue weighted by Crippen LogP contribution is 2.38. The van der Waals surface area contributed by atoms with Gasteiger partial charge in [0.1, 0.15) is 18.2 Å². The summed E-state index contributed by atoms with van der Waals surface area (Å²) in [7, 11) is 0. The average Bonchev–Trinajstić information content (AvgIpc) is 3.20. The van der Waals surface area contributed by atoms with Crippen molar-refractivity contribution in [3.63, 3.8) is 0 Å². The highest BCUT2D eigenvalue weighted by molar-refractivity contribution is 5.69. The van der Waals surface area contributed by atoms with Gasteiger partial charge in [-0.25, -0.2) is 9.37 Å². The molecule has 0 spiro atoms. The van der Waals surface area contributed by atoms with Crippen molar-refractivity contribution in [2.24, 2.45) is 0 Å². The van der Waals surface area contributed by atoms with E-state index in [2.05, 4.69) is 15.2 Å². The molecule has 6 nitrogen and oxygen atoms in total. The molecule has 1 fully saturated rings. The van der Waals surface area contributed by atoms with Crippen LogP contribution in [0.1, 0.15) is 24.2 Å². The molecule has 2 aliphatic rings. The van der Waals surface area contributed by atoms with E-state index < -0.39 is 17.7 Å². The van der Waals surface area contributed by atoms with Gasteiger partial charge in [-0.05, 0) is 25.1 Å². The second-order valence-corrected chi connectivity index (χ2v) is 8.14. The summed E-state index contributed by atoms with van der Waals surface area (Å²) in [5.74, 6) is 0.0115. The first-order valence-corrected chi connectivity index (χ1v) is 10.4. The number of hydrogen-bond donors (Lipinski definition) is 1. The molecule has 170 valence electrons. The summed E-state index contributed by atoms with van der Waals surface area (Å²) >= 11 is 0. The Morgan fingerprint density at radius 2 is 2.06 bits per heavy atom. The van der Waals surface area contributed by atoms with Gasteiger partial charge in [-0.1, -0.05) is 6.07 Å². The number of ether oxygens (including phenoxy) is 2. The predicted octanol–water partition coefficient (Wildman–Crippen LogP) is 4.13. The van der Waals surface area contributed by atoms with Crippen molar-refractivity contribution < 1.29 is 27.0 Å². The van der Waals surface area contributed by atoms with Gasteiger partial charge in [-0.2, -0.15) is 13.2 Å². The SMILES string of the molecule is CC1CN(C2COc3cc(F)ccc3C2Nc2cccn3cc(C(F)(F)F)nc23)CCO1. The van der Waals surface area contributed by atoms with Crippen molar-refractivity contribution in [2.45, 2.75) is 31.3 Å². The number of nitrogens with zero attached hydrogens (tertiary/aromatic N) is 3. The molecule has 2 aromatic heterocycles. The zero-order valence-electron chi connectivity index (χ0n) is 17.3. The molecule has 10 heteroatoms. The van der Waals surface area contributed by atoms with Gasteiger partial charge in [-0.15, -0.1) is 0 Å². The Bertz CT molecular complexity index is 1130. The summed E-state index contributed by atoms with van der Waals surface area (Å²) in [5.41, 5.74) is 0.409. The molecule has 0 radical (unpaired) electrons. The number of halogens is 4. The van der Waals surface area contributed by atoms with Crippen LogP contribution in [-0.4, -0.2) is 52.7 Å². The van der Waals surface area contributed by atoms with Crippen molar-refractivity contribution in [3.8, 4) is 5.75 Å². The Morgan fingerprint density at radius 1 is 1.22 bits per heavy atom. The van der Waals surface area contributed by atoms with E-state index in [4.69, 9.17) is 9.47 Å². The number of anilines is 1. The first kappa shape index (κ1) is 21.0. The molecule has 0 aliphatic carbocycles. The van der Waals surface area contributed by atoms with Crippen LogP contribution >= 0.6 is 0 Å². The Kier molecular flexibility index (Phi) is 5.21. The third-order valence-corrected chi connectivity index (χ3v) is 5.93. The van der Waals surface area contributed by atoms with Gasteiger partial charge < -0.3 is 19.2 Å². The summed E-state index contributed by atoms with van der Waals surface area (Å²) < 4.78 is 66.4. The van der Waals surface area contributed by atoms with Crippen LogP contribution in [-0.2, 0) is 10.9 Å². The van der Waals surface area contributed by atoms with E-state index in [0.717, 1.165) is 11.8 Å². The summed E-state index contributed by atoms with van der Waals surface area (Å²) in [5, 5.41) is 3.39. The minimum atomic E-state index is -4.54. The van der Waals surface area contributed by atoms with E-state index >= 15 is 0 Å². The molecule has 2 aliphatic heterocycles. The molecular weight excluding hydrogens is 428 g/mol. The molecule has 3 aromatic rings. The lowest BCUT2D eigenvalue weighted by atomic mass is 9.94. The van der Waals surface area contributed by atoms with Gasteiger partial charge in [0, 0.05) is 37.1 Å². The van der Waals surface area contributed by atoms with Crippen LogP contribution in [0.25, 0.3) is 5.65 Å². The Balaban J connectivity index is 1.55. The number of benzene rings is 1. The average molecular weight is 450 g/mol. The molecular formula is C22H22F4N4O2. The van der Waals surface area contributed by atoms with Gasteiger partial charge in [0.15, 0.2) is 11.3 Å². The van der Waals surface area contributed by atoms with E-state index in [-0.39, 0.29) is 23.8 Å². The first-order valence-electron chi connectivity index (χ1n) is 10.4. The molecule has 0 saturated carbocycles. The normalized spacial score (nSPS) is 24.2. The lowest BCUT2D eigenvalue weighted by Gasteiger charge is -2.43. The molecule has 1 aromatic carbocycles. The first-order chi connectivity index (χ1) is 15.3. The van der Waals surface area contributed by atoms with E-state index in [9.17, 15) is 17.6 Å². The van der Waals surface area contributed by atoms with Gasteiger partial charge in [0.05, 0.1) is 30.5 Å². The number of fused-ring (bicyclic) bond motifs is 2. The van der Waals surface area contributed by atoms with Crippen LogP contribution in [0.15, 0.2) is 42.7 Å². The fraction of sp³-hybridized carbons (Fsp3) is 0.409. The number of aromatic nitrogens is 2. The molecule has 1 saturated heterocycles. The number of imidazole rings is 1. The monoisotopic (exact) mass is 450 g/mol. The Labute approximate surface area is 181 Å². The van der Waals surface area contributed by atoms with E-state index in [1.54, 1.807) is 18.2 Å². The molecule has 5 rings (SSSR count). The zero-order valence-corrected chi connectivity index (χ0v) is 17.3. The summed E-state index contributed by atoms with van der Waals surface area (Å²) in [4.78, 5) is 6.06. The highest BCUT2D eigenvalue weighted by atomic mass is 19.4. The maximum atomic E-state index is 13.8. The molecule has 3 atom stereocenters. The van der Waals surface area contributed by atoms with Crippen molar-refractivity contribution in [2.75, 3.05) is 31.6 Å². The number of nitrogens with one attached hydrogen (secondary N) is 1. The Morgan fingerprint density at radius 3 is 2.84 bits per heavy atom. The molecule has 1 N–H and O–H groups in total. The summed E-state index contributed by atoms with van der Waals surface area (Å²) in [6.07, 6.45) is -2.01. The molecule has 0 bridgehead atoms. The summed E-state index contributed by atoms with van der Waals surface area (Å²) in [6.45, 7) is 4.26. The van der Waals surface area contributed by atoms with Crippen LogP contribution in [0.4, 0.5) is 23.2 Å². The smallest absolute Gasteiger partial charge is 0.434 e. The van der Waals surface area contributed by atoms with Crippen molar-refractivity contribution in [3.05, 3.63) is 59.8 Å². The number of alkyl halides is 3. The number of morpholine rings is 1. The fourth-order valence-corrected chi connectivity index (χ4v) is 4.44. The molecule has 32 heavy (non-hydrogen) atoms. The van der Waals surface area contributed by atoms with Gasteiger partial charge in [0.25, 0.3) is 0 Å². The van der Waals surface area contributed by atoms with Crippen molar-refractivity contribution in [1.29, 1.82) is 0 Å². The van der Waals surface area contributed by atoms with Crippen LogP contribution in [0.5, 0.6) is 5.75 Å². The molecule has 4 heterocycles. The van der Waals surface area contributed by atoms with E-state index in [1.807, 2.05) is 6.92 Å². The van der Waals surface area contributed by atoms with Gasteiger partial charge >= 0.3 is 6.18 Å². The third-order valence-electron chi connectivity index (χ3n) is 5.93. The quantitative estimate of drug-likeness (QED) is 0.609. The minimum Gasteiger partial charge on any atom is -0.491 e. The standard InChI is InChI=1S/C22H22F4N4O2/c1-13-10-29(7-8-31-13)17-12-32-18-9-14(23)4-5-15(18)20(17)27-16-3-2-6-30-11-19(22(24,25)26)28-21(16)30/h2-6,9,11,13,17,20,27H,7-8,10,12H2,1H3. The minimum absolute atomic E-state index is 0.0455. The van der Waals surface area contributed by atoms with Crippen molar-refractivity contribution >= 4 is 11.3 Å². The second kappa shape index (κ2) is 7.93. The lowest BCUT2D eigenvalue weighted by Crippen LogP contribution is -2.54. The van der Waals surface area contributed by atoms with E-state index in [1.165, 1.54) is 22.7 Å². The van der Waals surface area contributed by atoms with Crippen molar-refractivity contribution in [1.82, 2.24) is 14.3 Å². The maximum Gasteiger partial charge on any atom is 0.434 e. The highest BCUT2D eigenvalue weighted by Gasteiger charge is 2.38. The third kappa shape index (κ3) is 3.88. The summed E-state index contributed by atoms with van der Waals surface area (Å²) in [6, 6.07) is 7.23. The predicted molar refractivity (Wildman–Crippen MR) is 109 cm³/mol. The van der Waals surface area contributed by atoms with Crippen LogP contribution in [0.2, 0.25) is 0 Å². The Hall–Kier alpha value is -2.85. The number of rotatable bonds is 3. The second-order valence-electron chi connectivity index (χ2n) is 8.14. The van der Waals surface area contributed by atoms with Crippen LogP contribution in [0, 0.1) is 5.82 Å². The molecule has 3 unspecified atom stereocenters. The van der Waals surface area contributed by atoms with Crippen LogP contribution < -0.4 is 10.1 Å². The van der Waals surface area contributed by atoms with Crippen LogP contribution in [0.3, 0.4) is 0 Å². The number of hydrogen-bond acceptors (Lipinski definition) is 5. The lowest BCUT2D eigenvalue weighted by molar-refractivity contribution is -0.140. The largest absolute Gasteiger partial charge is 0.491 e. The number of pyridine rings is 1. The maximum absolute atomic E-state index is 13.8. The van der Waals surface area contributed by atoms with Gasteiger partial charge in [-0.3, -0.25) is 4.90 Å². The molecule has 0 amide bonds. The van der Waals surface area contributed by atoms with E-state index in [0.29, 0.717) is 37.7 Å². The topological polar surface area (TPSA) is 51.0 Å². The van der Waals surface area contributed by atoms with Gasteiger partial charge in [0.2, 0.25) is 0 Å². The fourth-order valence-electron chi connectivity index (χ4n) is 4.44. The zero-order chi connectivity index (χ0) is 22.5.